The van der Waals surface area contributed by atoms with E-state index in [-0.39, 0.29) is 18.2 Å². The Morgan fingerprint density at radius 3 is 2.26 bits per heavy atom. The summed E-state index contributed by atoms with van der Waals surface area (Å²) in [5, 5.41) is 9.34. The minimum absolute atomic E-state index is 0.192. The highest BCUT2D eigenvalue weighted by Crippen LogP contribution is 2.32. The van der Waals surface area contributed by atoms with Gasteiger partial charge >= 0.3 is 6.36 Å². The third-order valence-corrected chi connectivity index (χ3v) is 7.13. The lowest BCUT2D eigenvalue weighted by Crippen LogP contribution is -2.45. The number of amides is 1. The van der Waals surface area contributed by atoms with Gasteiger partial charge in [-0.15, -0.1) is 13.2 Å². The molecule has 7 nitrogen and oxygen atoms in total. The van der Waals surface area contributed by atoms with Crippen molar-refractivity contribution in [2.45, 2.75) is 32.5 Å². The van der Waals surface area contributed by atoms with Crippen LogP contribution in [0.4, 0.5) is 13.2 Å². The van der Waals surface area contributed by atoms with Crippen LogP contribution in [0.5, 0.6) is 5.75 Å². The summed E-state index contributed by atoms with van der Waals surface area (Å²) < 4.78 is 41.1. The van der Waals surface area contributed by atoms with Crippen LogP contribution in [0.25, 0.3) is 0 Å². The maximum absolute atomic E-state index is 13.0. The Labute approximate surface area is 229 Å². The summed E-state index contributed by atoms with van der Waals surface area (Å²) in [5.74, 6) is -0.496. The number of piperazine rings is 1. The molecule has 2 aliphatic heterocycles. The number of ether oxygens (including phenoxy) is 1. The van der Waals surface area contributed by atoms with Crippen LogP contribution in [0.3, 0.4) is 0 Å². The molecule has 1 saturated heterocycles. The predicted octanol–water partition coefficient (Wildman–Crippen LogP) is 4.98. The summed E-state index contributed by atoms with van der Waals surface area (Å²) in [5.41, 5.74) is 4.55. The second-order valence-electron chi connectivity index (χ2n) is 9.67. The van der Waals surface area contributed by atoms with Crippen LogP contribution >= 0.6 is 11.6 Å². The largest absolute Gasteiger partial charge is 0.573 e. The van der Waals surface area contributed by atoms with Gasteiger partial charge < -0.3 is 9.64 Å². The molecule has 0 atom stereocenters. The normalized spacial score (nSPS) is 16.3. The minimum atomic E-state index is -4.75. The standard InChI is InChI=1S/C28H25ClF3N5O2/c29-25-12-21(15-35-7-9-36(10-8-35)18-23-4-1-20(13-33)14-34-23)11-22-17-37(27(38)26(22)25)16-19-2-5-24(6-3-19)39-28(30,31)32/h1-6,11-12,14H,7-10,15-18H2. The van der Waals surface area contributed by atoms with Crippen LogP contribution in [0.2, 0.25) is 5.02 Å². The fourth-order valence-electron chi connectivity index (χ4n) is 4.94. The van der Waals surface area contributed by atoms with Crippen molar-refractivity contribution in [3.63, 3.8) is 0 Å². The van der Waals surface area contributed by atoms with Gasteiger partial charge in [0.15, 0.2) is 0 Å². The Bertz CT molecular complexity index is 1380. The summed E-state index contributed by atoms with van der Waals surface area (Å²) in [6.45, 7) is 5.62. The van der Waals surface area contributed by atoms with Gasteiger partial charge in [0.25, 0.3) is 5.91 Å². The van der Waals surface area contributed by atoms with Crippen molar-refractivity contribution in [3.8, 4) is 11.8 Å². The summed E-state index contributed by atoms with van der Waals surface area (Å²) >= 11 is 6.55. The zero-order valence-corrected chi connectivity index (χ0v) is 21.7. The average Bonchev–Trinajstić information content (AvgIpc) is 3.21. The number of halogens is 4. The molecule has 0 saturated carbocycles. The van der Waals surface area contributed by atoms with Crippen molar-refractivity contribution in [2.24, 2.45) is 0 Å². The second-order valence-corrected chi connectivity index (χ2v) is 10.1. The van der Waals surface area contributed by atoms with Crippen molar-refractivity contribution in [3.05, 3.63) is 93.3 Å². The second kappa shape index (κ2) is 11.2. The monoisotopic (exact) mass is 555 g/mol. The van der Waals surface area contributed by atoms with E-state index in [0.717, 1.165) is 49.5 Å². The first-order valence-electron chi connectivity index (χ1n) is 12.4. The first-order valence-corrected chi connectivity index (χ1v) is 12.8. The zero-order valence-electron chi connectivity index (χ0n) is 20.9. The van der Waals surface area contributed by atoms with Gasteiger partial charge in [-0.05, 0) is 47.0 Å². The molecule has 5 rings (SSSR count). The maximum atomic E-state index is 13.0. The van der Waals surface area contributed by atoms with Crippen LogP contribution in [0, 0.1) is 11.3 Å². The van der Waals surface area contributed by atoms with E-state index in [1.165, 1.54) is 24.3 Å². The number of carbonyl (C=O) groups excluding carboxylic acids is 1. The van der Waals surface area contributed by atoms with Crippen molar-refractivity contribution in [2.75, 3.05) is 26.2 Å². The molecule has 0 unspecified atom stereocenters. The lowest BCUT2D eigenvalue weighted by Gasteiger charge is -2.34. The zero-order chi connectivity index (χ0) is 27.6. The van der Waals surface area contributed by atoms with Crippen LogP contribution in [-0.2, 0) is 26.2 Å². The SMILES string of the molecule is N#Cc1ccc(CN2CCN(Cc3cc(Cl)c4c(c3)CN(Cc3ccc(OC(F)(F)F)cc3)C4=O)CC2)nc1. The van der Waals surface area contributed by atoms with E-state index in [4.69, 9.17) is 16.9 Å². The Morgan fingerprint density at radius 1 is 0.949 bits per heavy atom. The number of pyridine rings is 1. The summed E-state index contributed by atoms with van der Waals surface area (Å²) in [6, 6.07) is 15.1. The molecule has 2 aliphatic rings. The molecule has 0 aliphatic carbocycles. The molecule has 11 heteroatoms. The van der Waals surface area contributed by atoms with Gasteiger partial charge in [-0.2, -0.15) is 5.26 Å². The summed E-state index contributed by atoms with van der Waals surface area (Å²) in [6.07, 6.45) is -3.15. The van der Waals surface area contributed by atoms with Crippen molar-refractivity contribution < 1.29 is 22.7 Å². The number of benzene rings is 2. The molecular weight excluding hydrogens is 531 g/mol. The highest BCUT2D eigenvalue weighted by molar-refractivity contribution is 6.34. The molecule has 0 bridgehead atoms. The molecule has 2 aromatic carbocycles. The van der Waals surface area contributed by atoms with E-state index in [1.807, 2.05) is 18.2 Å². The smallest absolute Gasteiger partial charge is 0.406 e. The quantitative estimate of drug-likeness (QED) is 0.409. The van der Waals surface area contributed by atoms with Gasteiger partial charge in [-0.25, -0.2) is 0 Å². The molecule has 3 aromatic rings. The van der Waals surface area contributed by atoms with E-state index in [1.54, 1.807) is 17.2 Å². The topological polar surface area (TPSA) is 72.7 Å². The molecular formula is C28H25ClF3N5O2. The number of carbonyl (C=O) groups is 1. The van der Waals surface area contributed by atoms with Gasteiger partial charge in [0.05, 0.1) is 21.8 Å². The summed E-state index contributed by atoms with van der Waals surface area (Å²) in [4.78, 5) is 23.7. The predicted molar refractivity (Wildman–Crippen MR) is 138 cm³/mol. The van der Waals surface area contributed by atoms with Gasteiger partial charge in [-0.1, -0.05) is 29.8 Å². The Kier molecular flexibility index (Phi) is 7.75. The van der Waals surface area contributed by atoms with E-state index >= 15 is 0 Å². The van der Waals surface area contributed by atoms with Crippen LogP contribution < -0.4 is 4.74 Å². The van der Waals surface area contributed by atoms with Crippen LogP contribution in [0.1, 0.15) is 38.3 Å². The number of hydrogen-bond acceptors (Lipinski definition) is 6. The van der Waals surface area contributed by atoms with Crippen molar-refractivity contribution >= 4 is 17.5 Å². The highest BCUT2D eigenvalue weighted by atomic mass is 35.5. The Hall–Kier alpha value is -3.65. The van der Waals surface area contributed by atoms with E-state index in [2.05, 4.69) is 25.6 Å². The van der Waals surface area contributed by atoms with Gasteiger partial charge in [0, 0.05) is 58.6 Å². The molecule has 3 heterocycles. The molecule has 1 aromatic heterocycles. The number of rotatable bonds is 7. The van der Waals surface area contributed by atoms with Gasteiger partial charge in [0.2, 0.25) is 0 Å². The lowest BCUT2D eigenvalue weighted by molar-refractivity contribution is -0.274. The average molecular weight is 556 g/mol. The fraction of sp³-hybridized carbons (Fsp3) is 0.321. The number of fused-ring (bicyclic) bond motifs is 1. The number of hydrogen-bond donors (Lipinski definition) is 0. The number of nitrogens with zero attached hydrogens (tertiary/aromatic N) is 5. The summed E-state index contributed by atoms with van der Waals surface area (Å²) in [7, 11) is 0. The number of alkyl halides is 3. The molecule has 39 heavy (non-hydrogen) atoms. The minimum Gasteiger partial charge on any atom is -0.406 e. The molecule has 1 fully saturated rings. The molecule has 0 N–H and O–H groups in total. The first kappa shape index (κ1) is 26.9. The van der Waals surface area contributed by atoms with Gasteiger partial charge in [0.1, 0.15) is 11.8 Å². The molecule has 202 valence electrons. The molecule has 0 spiro atoms. The van der Waals surface area contributed by atoms with E-state index in [9.17, 15) is 18.0 Å². The van der Waals surface area contributed by atoms with Crippen molar-refractivity contribution in [1.29, 1.82) is 5.26 Å². The van der Waals surface area contributed by atoms with Crippen LogP contribution in [0.15, 0.2) is 54.7 Å². The highest BCUT2D eigenvalue weighted by Gasteiger charge is 2.32. The Morgan fingerprint density at radius 2 is 1.64 bits per heavy atom. The lowest BCUT2D eigenvalue weighted by atomic mass is 10.1. The van der Waals surface area contributed by atoms with Crippen molar-refractivity contribution in [1.82, 2.24) is 19.7 Å². The van der Waals surface area contributed by atoms with E-state index in [0.29, 0.717) is 34.8 Å². The Balaban J connectivity index is 1.16. The molecule has 0 radical (unpaired) electrons. The first-order chi connectivity index (χ1) is 18.7. The third-order valence-electron chi connectivity index (χ3n) is 6.83. The van der Waals surface area contributed by atoms with E-state index < -0.39 is 6.36 Å². The van der Waals surface area contributed by atoms with Crippen LogP contribution in [-0.4, -0.2) is 58.1 Å². The fourth-order valence-corrected chi connectivity index (χ4v) is 5.28. The number of aromatic nitrogens is 1. The maximum Gasteiger partial charge on any atom is 0.573 e. The van der Waals surface area contributed by atoms with Gasteiger partial charge in [-0.3, -0.25) is 19.6 Å². The molecule has 1 amide bonds. The third kappa shape index (κ3) is 6.68. The number of nitriles is 1.